The topological polar surface area (TPSA) is 228 Å². The largest absolute Gasteiger partial charge is 0.396 e. The molecule has 0 aromatic rings. The number of ether oxygens (including phenoxy) is 5. The molecule has 2 saturated heterocycles. The molecule has 328 valence electrons. The van der Waals surface area contributed by atoms with Gasteiger partial charge in [0, 0.05) is 18.4 Å². The predicted molar refractivity (Wildman–Crippen MR) is 205 cm³/mol. The molecule has 6 fully saturated rings. The highest BCUT2D eigenvalue weighted by Gasteiger charge is 2.72. The van der Waals surface area contributed by atoms with Crippen LogP contribution in [0.1, 0.15) is 99.8 Å². The summed E-state index contributed by atoms with van der Waals surface area (Å²) >= 11 is 0. The first-order valence-electron chi connectivity index (χ1n) is 21.4. The standard InChI is InChI=1S/C43H72O14/c1-37(2)13-14-42(20-46)23(16-37)22-15-24(53-8)34-39(5)11-10-29(38(3,4)27(39)9-12-40(34,6)41(22,7)17-28(42)48)57-43(21-47)35(52)33(26(19-45)56-43)55-36-32(51)31(50)30(49)25(18-44)54-36/h15,23-36,44-52H,9-14,16-21H2,1-8H3/t23?,24?,25-,26-,27?,28?,29?,30-,31-,32-,33-,34?,35-,36+,39?,40?,41?,42?,43+/m1/s1. The third-order valence-corrected chi connectivity index (χ3v) is 17.7. The Balaban J connectivity index is 1.17. The van der Waals surface area contributed by atoms with Crippen LogP contribution in [0, 0.1) is 50.2 Å². The lowest BCUT2D eigenvalue weighted by Gasteiger charge is -2.73. The number of aliphatic hydroxyl groups excluding tert-OH is 9. The molecule has 7 rings (SSSR count). The zero-order valence-corrected chi connectivity index (χ0v) is 35.2. The summed E-state index contributed by atoms with van der Waals surface area (Å²) in [6, 6.07) is 0. The maximum absolute atomic E-state index is 12.1. The van der Waals surface area contributed by atoms with Gasteiger partial charge in [-0.1, -0.05) is 60.1 Å². The molecule has 57 heavy (non-hydrogen) atoms. The second kappa shape index (κ2) is 14.9. The first-order valence-corrected chi connectivity index (χ1v) is 21.4. The van der Waals surface area contributed by atoms with E-state index in [2.05, 4.69) is 54.5 Å². The quantitative estimate of drug-likeness (QED) is 0.150. The van der Waals surface area contributed by atoms with Crippen LogP contribution in [0.5, 0.6) is 0 Å². The van der Waals surface area contributed by atoms with Crippen molar-refractivity contribution in [3.63, 3.8) is 0 Å². The molecular formula is C43H72O14. The Morgan fingerprint density at radius 1 is 0.772 bits per heavy atom. The van der Waals surface area contributed by atoms with E-state index in [-0.39, 0.29) is 52.1 Å². The summed E-state index contributed by atoms with van der Waals surface area (Å²) in [4.78, 5) is 0. The molecule has 7 aliphatic rings. The molecule has 0 aromatic heterocycles. The number of hydrogen-bond acceptors (Lipinski definition) is 14. The normalized spacial score (nSPS) is 54.2. The molecule has 0 bridgehead atoms. The van der Waals surface area contributed by atoms with Crippen molar-refractivity contribution in [1.29, 1.82) is 0 Å². The second-order valence-corrected chi connectivity index (χ2v) is 21.2. The van der Waals surface area contributed by atoms with Gasteiger partial charge in [0.25, 0.3) is 0 Å². The van der Waals surface area contributed by atoms with E-state index < -0.39 is 97.7 Å². The van der Waals surface area contributed by atoms with Crippen LogP contribution in [0.25, 0.3) is 0 Å². The third kappa shape index (κ3) is 6.32. The number of rotatable bonds is 9. The van der Waals surface area contributed by atoms with E-state index in [9.17, 15) is 46.0 Å². The van der Waals surface area contributed by atoms with Crippen molar-refractivity contribution in [2.75, 3.05) is 33.5 Å². The fraction of sp³-hybridized carbons (Fsp3) is 0.953. The minimum absolute atomic E-state index is 0.0388. The van der Waals surface area contributed by atoms with Crippen molar-refractivity contribution < 1.29 is 69.6 Å². The Bertz CT molecular complexity index is 1510. The Morgan fingerprint density at radius 2 is 1.46 bits per heavy atom. The van der Waals surface area contributed by atoms with Crippen LogP contribution < -0.4 is 0 Å². The second-order valence-electron chi connectivity index (χ2n) is 21.2. The highest BCUT2D eigenvalue weighted by atomic mass is 16.8. The fourth-order valence-corrected chi connectivity index (χ4v) is 14.2. The number of hydrogen-bond donors (Lipinski definition) is 9. The van der Waals surface area contributed by atoms with Crippen molar-refractivity contribution >= 4 is 0 Å². The van der Waals surface area contributed by atoms with Crippen LogP contribution in [-0.4, -0.2) is 153 Å². The van der Waals surface area contributed by atoms with Crippen molar-refractivity contribution in [1.82, 2.24) is 0 Å². The monoisotopic (exact) mass is 812 g/mol. The molecule has 0 spiro atoms. The lowest BCUT2D eigenvalue weighted by Crippen LogP contribution is -2.70. The Kier molecular flexibility index (Phi) is 11.6. The van der Waals surface area contributed by atoms with E-state index in [0.29, 0.717) is 12.8 Å². The summed E-state index contributed by atoms with van der Waals surface area (Å²) in [5.74, 6) is -1.77. The van der Waals surface area contributed by atoms with E-state index in [1.54, 1.807) is 7.11 Å². The molecular weight excluding hydrogens is 740 g/mol. The van der Waals surface area contributed by atoms with Crippen LogP contribution in [0.3, 0.4) is 0 Å². The van der Waals surface area contributed by atoms with Gasteiger partial charge in [-0.05, 0) is 90.3 Å². The zero-order valence-electron chi connectivity index (χ0n) is 35.2. The summed E-state index contributed by atoms with van der Waals surface area (Å²) in [6.07, 6.45) is -4.87. The summed E-state index contributed by atoms with van der Waals surface area (Å²) in [7, 11) is 1.80. The van der Waals surface area contributed by atoms with Crippen molar-refractivity contribution in [2.24, 2.45) is 50.2 Å². The molecule has 2 heterocycles. The van der Waals surface area contributed by atoms with Crippen molar-refractivity contribution in [2.45, 2.75) is 173 Å². The minimum atomic E-state index is -2.01. The van der Waals surface area contributed by atoms with Crippen LogP contribution in [0.15, 0.2) is 11.6 Å². The van der Waals surface area contributed by atoms with E-state index in [1.807, 2.05) is 0 Å². The summed E-state index contributed by atoms with van der Waals surface area (Å²) < 4.78 is 30.8. The van der Waals surface area contributed by atoms with Gasteiger partial charge in [0.15, 0.2) is 6.29 Å². The van der Waals surface area contributed by atoms with Gasteiger partial charge in [-0.15, -0.1) is 0 Å². The predicted octanol–water partition coefficient (Wildman–Crippen LogP) is 1.39. The highest BCUT2D eigenvalue weighted by Crippen LogP contribution is 2.76. The van der Waals surface area contributed by atoms with Crippen molar-refractivity contribution in [3.8, 4) is 0 Å². The van der Waals surface area contributed by atoms with Gasteiger partial charge in [-0.3, -0.25) is 0 Å². The van der Waals surface area contributed by atoms with Crippen molar-refractivity contribution in [3.05, 3.63) is 11.6 Å². The smallest absolute Gasteiger partial charge is 0.221 e. The first-order chi connectivity index (χ1) is 26.6. The third-order valence-electron chi connectivity index (χ3n) is 17.7. The molecule has 14 nitrogen and oxygen atoms in total. The van der Waals surface area contributed by atoms with Crippen LogP contribution >= 0.6 is 0 Å². The highest BCUT2D eigenvalue weighted by molar-refractivity contribution is 5.37. The van der Waals surface area contributed by atoms with E-state index in [0.717, 1.165) is 38.5 Å². The van der Waals surface area contributed by atoms with Gasteiger partial charge < -0.3 is 69.6 Å². The van der Waals surface area contributed by atoms with Gasteiger partial charge >= 0.3 is 0 Å². The number of allylic oxidation sites excluding steroid dienone is 1. The Labute approximate surface area is 337 Å². The molecule has 0 aromatic carbocycles. The molecule has 0 amide bonds. The van der Waals surface area contributed by atoms with E-state index in [1.165, 1.54) is 5.57 Å². The molecule has 14 heteroatoms. The number of aliphatic hydroxyl groups is 9. The van der Waals surface area contributed by atoms with Crippen LogP contribution in [-0.2, 0) is 23.7 Å². The molecule has 9 N–H and O–H groups in total. The molecule has 0 radical (unpaired) electrons. The lowest BCUT2D eigenvalue weighted by atomic mass is 9.33. The van der Waals surface area contributed by atoms with E-state index in [4.69, 9.17) is 23.7 Å². The summed E-state index contributed by atoms with van der Waals surface area (Å²) in [6.45, 7) is 14.0. The van der Waals surface area contributed by atoms with Gasteiger partial charge in [-0.2, -0.15) is 0 Å². The molecule has 5 aliphatic carbocycles. The average Bonchev–Trinajstić information content (AvgIpc) is 3.42. The molecule has 19 atom stereocenters. The summed E-state index contributed by atoms with van der Waals surface area (Å²) in [5.41, 5.74) is -0.461. The maximum Gasteiger partial charge on any atom is 0.221 e. The van der Waals surface area contributed by atoms with Gasteiger partial charge in [-0.25, -0.2) is 0 Å². The van der Waals surface area contributed by atoms with Crippen LogP contribution in [0.2, 0.25) is 0 Å². The van der Waals surface area contributed by atoms with Gasteiger partial charge in [0.1, 0.15) is 49.3 Å². The zero-order chi connectivity index (χ0) is 41.9. The molecule has 4 saturated carbocycles. The Morgan fingerprint density at radius 3 is 2.07 bits per heavy atom. The van der Waals surface area contributed by atoms with Gasteiger partial charge in [0.05, 0.1) is 38.1 Å². The summed E-state index contributed by atoms with van der Waals surface area (Å²) in [5, 5.41) is 97.1. The average molecular weight is 813 g/mol. The Hall–Kier alpha value is -0.820. The lowest BCUT2D eigenvalue weighted by molar-refractivity contribution is -0.330. The number of fused-ring (bicyclic) bond motifs is 7. The SMILES string of the molecule is COC1C=C2C3CC(C)(C)CCC3(CO)C(O)CC2(C)C2(C)CCC3C(C)(C)C(O[C@]4(CO)O[C@H](CO)[C@@H](O[C@@H]5O[C@H](CO)[C@@H](O)[C@@H](O)[C@H]5O)[C@H]4O)CCC3(C)C12. The first kappa shape index (κ1) is 44.2. The van der Waals surface area contributed by atoms with E-state index >= 15 is 0 Å². The fourth-order valence-electron chi connectivity index (χ4n) is 14.2. The molecule has 10 unspecified atom stereocenters. The number of methoxy groups -OCH3 is 1. The van der Waals surface area contributed by atoms with Crippen LogP contribution in [0.4, 0.5) is 0 Å². The van der Waals surface area contributed by atoms with Gasteiger partial charge in [0.2, 0.25) is 5.79 Å². The minimum Gasteiger partial charge on any atom is -0.396 e. The maximum atomic E-state index is 12.1. The molecule has 2 aliphatic heterocycles.